The Morgan fingerprint density at radius 1 is 1.17 bits per heavy atom. The van der Waals surface area contributed by atoms with E-state index in [9.17, 15) is 14.4 Å². The van der Waals surface area contributed by atoms with Gasteiger partial charge in [-0.2, -0.15) is 0 Å². The summed E-state index contributed by atoms with van der Waals surface area (Å²) in [6, 6.07) is 6.76. The highest BCUT2D eigenvalue weighted by molar-refractivity contribution is 5.96. The van der Waals surface area contributed by atoms with Gasteiger partial charge in [0.25, 0.3) is 0 Å². The Morgan fingerprint density at radius 2 is 1.74 bits per heavy atom. The summed E-state index contributed by atoms with van der Waals surface area (Å²) in [5, 5.41) is 9.03. The first kappa shape index (κ1) is 18.7. The molecule has 0 saturated carbocycles. The van der Waals surface area contributed by atoms with Crippen molar-refractivity contribution in [1.82, 2.24) is 0 Å². The molecule has 0 amide bonds. The highest BCUT2D eigenvalue weighted by Gasteiger charge is 2.33. The van der Waals surface area contributed by atoms with E-state index in [4.69, 9.17) is 14.6 Å². The number of carboxylic acid groups (broad SMARTS) is 1. The van der Waals surface area contributed by atoms with Crippen LogP contribution in [0.3, 0.4) is 0 Å². The molecule has 0 heterocycles. The highest BCUT2D eigenvalue weighted by atomic mass is 16.6. The number of aliphatic carboxylic acids is 1. The van der Waals surface area contributed by atoms with Crippen LogP contribution in [0.1, 0.15) is 33.6 Å². The molecule has 1 aromatic rings. The molecule has 1 unspecified atom stereocenters. The molecule has 0 aromatic heterocycles. The van der Waals surface area contributed by atoms with Gasteiger partial charge in [-0.15, -0.1) is 0 Å². The van der Waals surface area contributed by atoms with E-state index in [1.165, 1.54) is 14.0 Å². The van der Waals surface area contributed by atoms with Crippen molar-refractivity contribution in [1.29, 1.82) is 0 Å². The van der Waals surface area contributed by atoms with Gasteiger partial charge in [0, 0.05) is 0 Å². The summed E-state index contributed by atoms with van der Waals surface area (Å²) in [7, 11) is 1.47. The van der Waals surface area contributed by atoms with Gasteiger partial charge >= 0.3 is 11.9 Å². The SMILES string of the molecule is COc1ccccc1OC(=O)C(C)(C)CCC(C(C)=O)C(=O)O. The van der Waals surface area contributed by atoms with Gasteiger partial charge in [-0.3, -0.25) is 14.4 Å². The second-order valence-electron chi connectivity index (χ2n) is 5.96. The zero-order valence-electron chi connectivity index (χ0n) is 13.8. The molecule has 0 aliphatic heterocycles. The van der Waals surface area contributed by atoms with Crippen molar-refractivity contribution in [2.75, 3.05) is 7.11 Å². The molecule has 1 atom stereocenters. The number of benzene rings is 1. The Kier molecular flexibility index (Phi) is 6.30. The second-order valence-corrected chi connectivity index (χ2v) is 5.96. The van der Waals surface area contributed by atoms with E-state index in [1.807, 2.05) is 0 Å². The summed E-state index contributed by atoms with van der Waals surface area (Å²) >= 11 is 0. The van der Waals surface area contributed by atoms with Crippen LogP contribution in [-0.4, -0.2) is 29.9 Å². The minimum Gasteiger partial charge on any atom is -0.493 e. The molecule has 126 valence electrons. The molecule has 6 heteroatoms. The maximum absolute atomic E-state index is 12.3. The summed E-state index contributed by atoms with van der Waals surface area (Å²) in [4.78, 5) is 34.7. The first-order chi connectivity index (χ1) is 10.7. The van der Waals surface area contributed by atoms with Gasteiger partial charge in [0.1, 0.15) is 11.7 Å². The lowest BCUT2D eigenvalue weighted by Crippen LogP contribution is -2.31. The average Bonchev–Trinajstić information content (AvgIpc) is 2.47. The van der Waals surface area contributed by atoms with Crippen LogP contribution in [-0.2, 0) is 14.4 Å². The van der Waals surface area contributed by atoms with Crippen LogP contribution in [0.4, 0.5) is 0 Å². The van der Waals surface area contributed by atoms with Gasteiger partial charge in [-0.05, 0) is 45.7 Å². The topological polar surface area (TPSA) is 89.9 Å². The molecule has 0 radical (unpaired) electrons. The zero-order chi connectivity index (χ0) is 17.6. The van der Waals surface area contributed by atoms with Gasteiger partial charge in [0.05, 0.1) is 12.5 Å². The number of carbonyl (C=O) groups is 3. The molecule has 0 spiro atoms. The van der Waals surface area contributed by atoms with E-state index in [2.05, 4.69) is 0 Å². The van der Waals surface area contributed by atoms with Crippen LogP contribution in [0.25, 0.3) is 0 Å². The number of para-hydroxylation sites is 2. The summed E-state index contributed by atoms with van der Waals surface area (Å²) in [5.41, 5.74) is -0.927. The van der Waals surface area contributed by atoms with Crippen molar-refractivity contribution >= 4 is 17.7 Å². The van der Waals surface area contributed by atoms with Crippen LogP contribution in [0.2, 0.25) is 0 Å². The number of ether oxygens (including phenoxy) is 2. The van der Waals surface area contributed by atoms with Crippen molar-refractivity contribution in [2.24, 2.45) is 11.3 Å². The summed E-state index contributed by atoms with van der Waals surface area (Å²) in [5.74, 6) is -2.47. The molecule has 6 nitrogen and oxygen atoms in total. The van der Waals surface area contributed by atoms with Gasteiger partial charge in [0.15, 0.2) is 11.5 Å². The third-order valence-electron chi connectivity index (χ3n) is 3.67. The number of methoxy groups -OCH3 is 1. The number of esters is 1. The van der Waals surface area contributed by atoms with Gasteiger partial charge in [-0.25, -0.2) is 0 Å². The average molecular weight is 322 g/mol. The molecule has 0 aliphatic carbocycles. The monoisotopic (exact) mass is 322 g/mol. The zero-order valence-corrected chi connectivity index (χ0v) is 13.8. The normalized spacial score (nSPS) is 12.3. The largest absolute Gasteiger partial charge is 0.493 e. The molecule has 0 fully saturated rings. The number of rotatable bonds is 8. The van der Waals surface area contributed by atoms with Crippen LogP contribution < -0.4 is 9.47 Å². The Hall–Kier alpha value is -2.37. The van der Waals surface area contributed by atoms with E-state index in [1.54, 1.807) is 38.1 Å². The number of carbonyl (C=O) groups excluding carboxylic acids is 2. The highest BCUT2D eigenvalue weighted by Crippen LogP contribution is 2.31. The van der Waals surface area contributed by atoms with Crippen LogP contribution in [0.5, 0.6) is 11.5 Å². The van der Waals surface area contributed by atoms with Crippen molar-refractivity contribution in [3.8, 4) is 11.5 Å². The van der Waals surface area contributed by atoms with E-state index in [0.29, 0.717) is 11.5 Å². The molecule has 1 N–H and O–H groups in total. The summed E-state index contributed by atoms with van der Waals surface area (Å²) < 4.78 is 10.5. The number of hydrogen-bond acceptors (Lipinski definition) is 5. The number of ketones is 1. The number of hydrogen-bond donors (Lipinski definition) is 1. The Balaban J connectivity index is 2.77. The second kappa shape index (κ2) is 7.76. The predicted octanol–water partition coefficient (Wildman–Crippen LogP) is 2.70. The molecular weight excluding hydrogens is 300 g/mol. The van der Waals surface area contributed by atoms with Gasteiger partial charge < -0.3 is 14.6 Å². The molecule has 23 heavy (non-hydrogen) atoms. The fraction of sp³-hybridized carbons (Fsp3) is 0.471. The molecule has 1 rings (SSSR count). The fourth-order valence-corrected chi connectivity index (χ4v) is 2.05. The van der Waals surface area contributed by atoms with E-state index >= 15 is 0 Å². The summed E-state index contributed by atoms with van der Waals surface area (Å²) in [6.45, 7) is 4.55. The first-order valence-corrected chi connectivity index (χ1v) is 7.27. The standard InChI is InChI=1S/C17H22O6/c1-11(18)12(15(19)20)9-10-17(2,3)16(21)23-14-8-6-5-7-13(14)22-4/h5-8,12H,9-10H2,1-4H3,(H,19,20). The van der Waals surface area contributed by atoms with Gasteiger partial charge in [0.2, 0.25) is 0 Å². The minimum absolute atomic E-state index is 0.0820. The van der Waals surface area contributed by atoms with Crippen LogP contribution in [0.15, 0.2) is 24.3 Å². The van der Waals surface area contributed by atoms with Crippen molar-refractivity contribution in [3.05, 3.63) is 24.3 Å². The lowest BCUT2D eigenvalue weighted by molar-refractivity contribution is -0.149. The Bertz CT molecular complexity index is 577. The third kappa shape index (κ3) is 5.09. The number of Topliss-reactive ketones (excluding diaryl/α,β-unsaturated/α-hetero) is 1. The Labute approximate surface area is 135 Å². The third-order valence-corrected chi connectivity index (χ3v) is 3.67. The van der Waals surface area contributed by atoms with E-state index < -0.39 is 29.1 Å². The molecular formula is C17H22O6. The summed E-state index contributed by atoms with van der Waals surface area (Å²) in [6.07, 6.45) is 0.302. The predicted molar refractivity (Wildman–Crippen MR) is 83.5 cm³/mol. The smallest absolute Gasteiger partial charge is 0.317 e. The quantitative estimate of drug-likeness (QED) is 0.449. The van der Waals surface area contributed by atoms with Gasteiger partial charge in [-0.1, -0.05) is 12.1 Å². The fourth-order valence-electron chi connectivity index (χ4n) is 2.05. The molecule has 1 aromatic carbocycles. The maximum Gasteiger partial charge on any atom is 0.317 e. The van der Waals surface area contributed by atoms with E-state index in [0.717, 1.165) is 0 Å². The van der Waals surface area contributed by atoms with Crippen molar-refractivity contribution < 1.29 is 29.0 Å². The minimum atomic E-state index is -1.17. The number of carboxylic acids is 1. The Morgan fingerprint density at radius 3 is 2.22 bits per heavy atom. The lowest BCUT2D eigenvalue weighted by Gasteiger charge is -2.24. The first-order valence-electron chi connectivity index (χ1n) is 7.27. The van der Waals surface area contributed by atoms with E-state index in [-0.39, 0.29) is 12.8 Å². The molecule has 0 saturated heterocycles. The van der Waals surface area contributed by atoms with Crippen LogP contribution >= 0.6 is 0 Å². The molecule has 0 aliphatic rings. The lowest BCUT2D eigenvalue weighted by atomic mass is 9.84. The van der Waals surface area contributed by atoms with Crippen molar-refractivity contribution in [3.63, 3.8) is 0 Å². The maximum atomic E-state index is 12.3. The van der Waals surface area contributed by atoms with Crippen molar-refractivity contribution in [2.45, 2.75) is 33.6 Å². The van der Waals surface area contributed by atoms with Crippen LogP contribution in [0, 0.1) is 11.3 Å². The molecule has 0 bridgehead atoms.